The predicted molar refractivity (Wildman–Crippen MR) is 78.7 cm³/mol. The van der Waals surface area contributed by atoms with Crippen molar-refractivity contribution in [3.63, 3.8) is 0 Å². The molecule has 21 heavy (non-hydrogen) atoms. The van der Waals surface area contributed by atoms with E-state index in [4.69, 9.17) is 20.5 Å². The van der Waals surface area contributed by atoms with Crippen molar-refractivity contribution in [3.8, 4) is 5.75 Å². The van der Waals surface area contributed by atoms with Crippen LogP contribution in [0.1, 0.15) is 25.7 Å². The van der Waals surface area contributed by atoms with E-state index < -0.39 is 25.7 Å². The van der Waals surface area contributed by atoms with Crippen LogP contribution >= 0.6 is 26.6 Å². The van der Waals surface area contributed by atoms with Crippen LogP contribution in [-0.2, 0) is 13.8 Å². The van der Waals surface area contributed by atoms with Crippen LogP contribution in [0.3, 0.4) is 0 Å². The van der Waals surface area contributed by atoms with E-state index in [1.54, 1.807) is 0 Å². The second-order valence-corrected chi connectivity index (χ2v) is 7.59. The first-order chi connectivity index (χ1) is 9.71. The third-order valence-electron chi connectivity index (χ3n) is 2.54. The van der Waals surface area contributed by atoms with Gasteiger partial charge < -0.3 is 9.84 Å². The fourth-order valence-corrected chi connectivity index (χ4v) is 3.06. The molecule has 0 fully saturated rings. The molecule has 1 aromatic carbocycles. The molecule has 0 bridgehead atoms. The van der Waals surface area contributed by atoms with Gasteiger partial charge in [0.15, 0.2) is 0 Å². The number of halogens is 3. The van der Waals surface area contributed by atoms with E-state index in [-0.39, 0.29) is 23.2 Å². The molecule has 1 rings (SSSR count). The van der Waals surface area contributed by atoms with E-state index in [2.05, 4.69) is 15.9 Å². The van der Waals surface area contributed by atoms with Crippen molar-refractivity contribution in [1.82, 2.24) is 0 Å². The van der Waals surface area contributed by atoms with E-state index in [1.807, 2.05) is 0 Å². The molecular weight excluding hydrogens is 391 g/mol. The molecule has 0 saturated carbocycles. The molecule has 0 aromatic heterocycles. The first-order valence-corrected chi connectivity index (χ1v) is 9.10. The Kier molecular flexibility index (Phi) is 6.89. The number of carboxylic acid groups (broad SMARTS) is 1. The van der Waals surface area contributed by atoms with Crippen LogP contribution in [0.25, 0.3) is 0 Å². The van der Waals surface area contributed by atoms with Gasteiger partial charge in [0.2, 0.25) is 0 Å². The third-order valence-corrected chi connectivity index (χ3v) is 4.50. The Morgan fingerprint density at radius 3 is 2.57 bits per heavy atom. The Labute approximate surface area is 134 Å². The zero-order valence-corrected chi connectivity index (χ0v) is 14.0. The van der Waals surface area contributed by atoms with E-state index >= 15 is 0 Å². The number of carbonyl (C=O) groups is 1. The highest BCUT2D eigenvalue weighted by molar-refractivity contribution is 9.10. The number of aliphatic carboxylic acids is 1. The molecule has 0 radical (unpaired) electrons. The summed E-state index contributed by atoms with van der Waals surface area (Å²) < 4.78 is 41.4. The number of rotatable bonds is 8. The quantitative estimate of drug-likeness (QED) is 0.530. The summed E-state index contributed by atoms with van der Waals surface area (Å²) in [7, 11) is 0.941. The van der Waals surface area contributed by atoms with Gasteiger partial charge in [-0.05, 0) is 41.3 Å². The summed E-state index contributed by atoms with van der Waals surface area (Å²) in [5.41, 5.74) is 0. The minimum absolute atomic E-state index is 0.0978. The van der Waals surface area contributed by atoms with Crippen LogP contribution in [0.15, 0.2) is 21.5 Å². The lowest BCUT2D eigenvalue weighted by Crippen LogP contribution is -2.02. The number of benzene rings is 1. The first kappa shape index (κ1) is 18.2. The van der Waals surface area contributed by atoms with Crippen LogP contribution < -0.4 is 4.74 Å². The molecule has 0 heterocycles. The van der Waals surface area contributed by atoms with Gasteiger partial charge in [-0.3, -0.25) is 4.79 Å². The lowest BCUT2D eigenvalue weighted by atomic mass is 10.2. The second kappa shape index (κ2) is 7.95. The van der Waals surface area contributed by atoms with Gasteiger partial charge in [0.05, 0.1) is 11.1 Å². The molecule has 9 heteroatoms. The van der Waals surface area contributed by atoms with Crippen molar-refractivity contribution in [1.29, 1.82) is 0 Å². The van der Waals surface area contributed by atoms with Gasteiger partial charge in [-0.1, -0.05) is 0 Å². The Balaban J connectivity index is 2.57. The second-order valence-electron chi connectivity index (χ2n) is 4.20. The lowest BCUT2D eigenvalue weighted by molar-refractivity contribution is -0.137. The minimum Gasteiger partial charge on any atom is -0.492 e. The van der Waals surface area contributed by atoms with Crippen LogP contribution in [0.4, 0.5) is 4.39 Å². The molecule has 0 amide bonds. The zero-order valence-electron chi connectivity index (χ0n) is 10.8. The Morgan fingerprint density at radius 2 is 2.00 bits per heavy atom. The van der Waals surface area contributed by atoms with Crippen molar-refractivity contribution in [3.05, 3.63) is 22.4 Å². The Hall–Kier alpha value is -0.860. The summed E-state index contributed by atoms with van der Waals surface area (Å²) >= 11 is 3.08. The summed E-state index contributed by atoms with van der Waals surface area (Å²) in [4.78, 5) is 9.69. The lowest BCUT2D eigenvalue weighted by Gasteiger charge is -2.09. The van der Waals surface area contributed by atoms with Crippen molar-refractivity contribution in [2.75, 3.05) is 6.61 Å². The SMILES string of the molecule is O=C(O)CCCCCOc1cc(F)c(S(=O)(=O)Cl)cc1Br. The maximum Gasteiger partial charge on any atom is 0.303 e. The van der Waals surface area contributed by atoms with Crippen molar-refractivity contribution in [2.45, 2.75) is 30.6 Å². The molecule has 0 atom stereocenters. The minimum atomic E-state index is -4.16. The topological polar surface area (TPSA) is 80.7 Å². The monoisotopic (exact) mass is 402 g/mol. The molecule has 0 aliphatic heterocycles. The van der Waals surface area contributed by atoms with Crippen molar-refractivity contribution in [2.24, 2.45) is 0 Å². The normalized spacial score (nSPS) is 11.4. The van der Waals surface area contributed by atoms with Gasteiger partial charge in [-0.25, -0.2) is 12.8 Å². The Bertz CT molecular complexity index is 620. The van der Waals surface area contributed by atoms with Crippen LogP contribution in [-0.4, -0.2) is 26.1 Å². The standard InChI is InChI=1S/C12H13BrClFO5S/c13-8-6-11(21(14,18)19)9(15)7-10(8)20-5-3-1-2-4-12(16)17/h6-7H,1-5H2,(H,16,17). The molecule has 5 nitrogen and oxygen atoms in total. The number of hydrogen-bond acceptors (Lipinski definition) is 4. The molecule has 0 aliphatic rings. The summed E-state index contributed by atoms with van der Waals surface area (Å²) in [6.07, 6.45) is 1.91. The first-order valence-electron chi connectivity index (χ1n) is 6.00. The highest BCUT2D eigenvalue weighted by atomic mass is 79.9. The summed E-state index contributed by atoms with van der Waals surface area (Å²) in [5.74, 6) is -1.68. The third kappa shape index (κ3) is 6.19. The number of ether oxygens (including phenoxy) is 1. The molecule has 0 spiro atoms. The maximum absolute atomic E-state index is 13.6. The van der Waals surface area contributed by atoms with Gasteiger partial charge in [-0.15, -0.1) is 0 Å². The van der Waals surface area contributed by atoms with Crippen LogP contribution in [0.2, 0.25) is 0 Å². The smallest absolute Gasteiger partial charge is 0.303 e. The van der Waals surface area contributed by atoms with Crippen LogP contribution in [0, 0.1) is 5.82 Å². The fraction of sp³-hybridized carbons (Fsp3) is 0.417. The number of unbranched alkanes of at least 4 members (excludes halogenated alkanes) is 2. The summed E-state index contributed by atoms with van der Waals surface area (Å²) in [6, 6.07) is 1.98. The average Bonchev–Trinajstić information content (AvgIpc) is 2.35. The average molecular weight is 404 g/mol. The highest BCUT2D eigenvalue weighted by Crippen LogP contribution is 2.31. The Morgan fingerprint density at radius 1 is 1.33 bits per heavy atom. The molecular formula is C12H13BrClFO5S. The van der Waals surface area contributed by atoms with E-state index in [0.717, 1.165) is 12.1 Å². The molecule has 0 unspecified atom stereocenters. The maximum atomic E-state index is 13.6. The molecule has 118 valence electrons. The number of carboxylic acids is 1. The van der Waals surface area contributed by atoms with Crippen molar-refractivity contribution < 1.29 is 27.4 Å². The largest absolute Gasteiger partial charge is 0.492 e. The number of hydrogen-bond donors (Lipinski definition) is 1. The fourth-order valence-electron chi connectivity index (χ4n) is 1.54. The molecule has 1 N–H and O–H groups in total. The van der Waals surface area contributed by atoms with Crippen molar-refractivity contribution >= 4 is 41.6 Å². The van der Waals surface area contributed by atoms with Gasteiger partial charge in [-0.2, -0.15) is 0 Å². The molecule has 0 saturated heterocycles. The predicted octanol–water partition coefficient (Wildman–Crippen LogP) is 3.54. The van der Waals surface area contributed by atoms with E-state index in [9.17, 15) is 17.6 Å². The summed E-state index contributed by atoms with van der Waals surface area (Å²) in [5, 5.41) is 8.47. The van der Waals surface area contributed by atoms with Gasteiger partial charge in [0.1, 0.15) is 16.5 Å². The van der Waals surface area contributed by atoms with Gasteiger partial charge in [0, 0.05) is 23.2 Å². The zero-order chi connectivity index (χ0) is 16.0. The molecule has 0 aliphatic carbocycles. The van der Waals surface area contributed by atoms with Gasteiger partial charge in [0.25, 0.3) is 9.05 Å². The van der Waals surface area contributed by atoms with E-state index in [0.29, 0.717) is 19.3 Å². The molecule has 1 aromatic rings. The van der Waals surface area contributed by atoms with E-state index in [1.165, 1.54) is 0 Å². The van der Waals surface area contributed by atoms with Gasteiger partial charge >= 0.3 is 5.97 Å². The highest BCUT2D eigenvalue weighted by Gasteiger charge is 2.19. The van der Waals surface area contributed by atoms with Crippen LogP contribution in [0.5, 0.6) is 5.75 Å². The summed E-state index contributed by atoms with van der Waals surface area (Å²) in [6.45, 7) is 0.268.